The van der Waals surface area contributed by atoms with E-state index in [1.54, 1.807) is 36.4 Å². The minimum Gasteiger partial charge on any atom is -0.354 e. The van der Waals surface area contributed by atoms with Crippen LogP contribution < -0.4 is 9.62 Å². The Morgan fingerprint density at radius 3 is 2.00 bits per heavy atom. The Balaban J connectivity index is 1.82. The van der Waals surface area contributed by atoms with E-state index < -0.39 is 28.5 Å². The Bertz CT molecular complexity index is 1700. The molecular weight excluding hydrogens is 582 g/mol. The molecule has 0 saturated heterocycles. The van der Waals surface area contributed by atoms with Crippen LogP contribution in [0, 0.1) is 27.7 Å². The minimum absolute atomic E-state index is 0.0896. The Labute approximate surface area is 268 Å². The van der Waals surface area contributed by atoms with E-state index in [4.69, 9.17) is 0 Å². The summed E-state index contributed by atoms with van der Waals surface area (Å²) in [6.07, 6.45) is 1.02. The van der Waals surface area contributed by atoms with Gasteiger partial charge in [-0.2, -0.15) is 0 Å². The van der Waals surface area contributed by atoms with Gasteiger partial charge in [-0.3, -0.25) is 13.9 Å². The summed E-state index contributed by atoms with van der Waals surface area (Å²) in [5, 5.41) is 2.98. The molecule has 7 nitrogen and oxygen atoms in total. The number of carbonyl (C=O) groups is 2. The van der Waals surface area contributed by atoms with Gasteiger partial charge in [0, 0.05) is 19.5 Å². The highest BCUT2D eigenvalue weighted by molar-refractivity contribution is 7.92. The Morgan fingerprint density at radius 2 is 1.38 bits per heavy atom. The van der Waals surface area contributed by atoms with Gasteiger partial charge in [-0.15, -0.1) is 0 Å². The third kappa shape index (κ3) is 8.82. The third-order valence-corrected chi connectivity index (χ3v) is 9.43. The summed E-state index contributed by atoms with van der Waals surface area (Å²) in [4.78, 5) is 30.0. The molecule has 0 bridgehead atoms. The fourth-order valence-electron chi connectivity index (χ4n) is 5.39. The van der Waals surface area contributed by atoms with Crippen molar-refractivity contribution in [3.8, 4) is 0 Å². The average molecular weight is 626 g/mol. The highest BCUT2D eigenvalue weighted by atomic mass is 32.2. The summed E-state index contributed by atoms with van der Waals surface area (Å²) >= 11 is 0. The van der Waals surface area contributed by atoms with Gasteiger partial charge in [0.25, 0.3) is 10.0 Å². The Morgan fingerprint density at radius 1 is 0.733 bits per heavy atom. The lowest BCUT2D eigenvalue weighted by atomic mass is 10.0. The van der Waals surface area contributed by atoms with Crippen molar-refractivity contribution in [2.75, 3.05) is 17.4 Å². The molecule has 0 spiro atoms. The molecule has 0 heterocycles. The predicted molar refractivity (Wildman–Crippen MR) is 181 cm³/mol. The highest BCUT2D eigenvalue weighted by Gasteiger charge is 2.34. The highest BCUT2D eigenvalue weighted by Crippen LogP contribution is 2.27. The first kappa shape index (κ1) is 33.5. The van der Waals surface area contributed by atoms with E-state index in [0.717, 1.165) is 39.8 Å². The summed E-state index contributed by atoms with van der Waals surface area (Å²) < 4.78 is 29.7. The average Bonchev–Trinajstić information content (AvgIpc) is 3.00. The standard InChI is InChI=1S/C37H43N3O4S/c1-6-19-38-37(42)35(24-31-12-8-7-9-13-31)39(25-32-14-10-11-28(3)21-32)36(41)26-40(33-22-29(4)20-30(5)23-33)45(43,44)34-17-15-27(2)16-18-34/h7-18,20-23,35H,6,19,24-26H2,1-5H3,(H,38,42)/t35-/m1/s1. The minimum atomic E-state index is -4.15. The van der Waals surface area contributed by atoms with Crippen molar-refractivity contribution in [3.05, 3.63) is 130 Å². The smallest absolute Gasteiger partial charge is 0.264 e. The molecule has 1 atom stereocenters. The molecule has 0 radical (unpaired) electrons. The van der Waals surface area contributed by atoms with Gasteiger partial charge in [0.2, 0.25) is 11.8 Å². The summed E-state index contributed by atoms with van der Waals surface area (Å²) in [6.45, 7) is 9.76. The van der Waals surface area contributed by atoms with Crippen molar-refractivity contribution in [2.24, 2.45) is 0 Å². The van der Waals surface area contributed by atoms with Crippen LogP contribution in [0.15, 0.2) is 102 Å². The maximum absolute atomic E-state index is 14.6. The first-order chi connectivity index (χ1) is 21.5. The molecule has 0 aliphatic rings. The van der Waals surface area contributed by atoms with Crippen LogP contribution in [-0.4, -0.2) is 44.3 Å². The summed E-state index contributed by atoms with van der Waals surface area (Å²) in [5.74, 6) is -0.750. The number of hydrogen-bond acceptors (Lipinski definition) is 4. The molecule has 0 aliphatic carbocycles. The van der Waals surface area contributed by atoms with Gasteiger partial charge >= 0.3 is 0 Å². The number of sulfonamides is 1. The molecule has 0 aromatic heterocycles. The SMILES string of the molecule is CCCNC(=O)[C@@H](Cc1ccccc1)N(Cc1cccc(C)c1)C(=O)CN(c1cc(C)cc(C)c1)S(=O)(=O)c1ccc(C)cc1. The molecular formula is C37H43N3O4S. The van der Waals surface area contributed by atoms with Gasteiger partial charge < -0.3 is 10.2 Å². The molecule has 0 saturated carbocycles. The zero-order chi connectivity index (χ0) is 32.6. The number of rotatable bonds is 13. The molecule has 0 unspecified atom stereocenters. The maximum Gasteiger partial charge on any atom is 0.264 e. The lowest BCUT2D eigenvalue weighted by Crippen LogP contribution is -2.53. The van der Waals surface area contributed by atoms with E-state index in [1.807, 2.05) is 95.3 Å². The zero-order valence-electron chi connectivity index (χ0n) is 26.8. The molecule has 2 amide bonds. The molecule has 0 fully saturated rings. The summed E-state index contributed by atoms with van der Waals surface area (Å²) in [5.41, 5.74) is 5.84. The van der Waals surface area contributed by atoms with Gasteiger partial charge in [0.15, 0.2) is 0 Å². The normalized spacial score (nSPS) is 11.9. The predicted octanol–water partition coefficient (Wildman–Crippen LogP) is 6.28. The number of anilines is 1. The first-order valence-electron chi connectivity index (χ1n) is 15.3. The van der Waals surface area contributed by atoms with Crippen molar-refractivity contribution < 1.29 is 18.0 Å². The molecule has 1 N–H and O–H groups in total. The van der Waals surface area contributed by atoms with Crippen molar-refractivity contribution >= 4 is 27.5 Å². The fourth-order valence-corrected chi connectivity index (χ4v) is 6.79. The lowest BCUT2D eigenvalue weighted by Gasteiger charge is -2.34. The van der Waals surface area contributed by atoms with Crippen LogP contribution in [0.5, 0.6) is 0 Å². The summed E-state index contributed by atoms with van der Waals surface area (Å²) in [6, 6.07) is 28.6. The Hall–Kier alpha value is -4.43. The van der Waals surface area contributed by atoms with Crippen LogP contribution in [0.25, 0.3) is 0 Å². The number of benzene rings is 4. The van der Waals surface area contributed by atoms with Crippen LogP contribution >= 0.6 is 0 Å². The van der Waals surface area contributed by atoms with Gasteiger partial charge in [-0.1, -0.05) is 90.8 Å². The second-order valence-corrected chi connectivity index (χ2v) is 13.5. The lowest BCUT2D eigenvalue weighted by molar-refractivity contribution is -0.140. The van der Waals surface area contributed by atoms with Crippen molar-refractivity contribution in [3.63, 3.8) is 0 Å². The molecule has 0 aliphatic heterocycles. The summed E-state index contributed by atoms with van der Waals surface area (Å²) in [7, 11) is -4.15. The number of carbonyl (C=O) groups excluding carboxylic acids is 2. The van der Waals surface area contributed by atoms with E-state index in [9.17, 15) is 18.0 Å². The topological polar surface area (TPSA) is 86.8 Å². The molecule has 45 heavy (non-hydrogen) atoms. The molecule has 236 valence electrons. The molecule has 4 rings (SSSR count). The number of nitrogens with one attached hydrogen (secondary N) is 1. The van der Waals surface area contributed by atoms with Crippen molar-refractivity contribution in [2.45, 2.75) is 64.9 Å². The second kappa shape index (κ2) is 15.0. The largest absolute Gasteiger partial charge is 0.354 e. The van der Waals surface area contributed by atoms with Crippen LogP contribution in [0.2, 0.25) is 0 Å². The quantitative estimate of drug-likeness (QED) is 0.190. The van der Waals surface area contributed by atoms with Crippen molar-refractivity contribution in [1.82, 2.24) is 10.2 Å². The van der Waals surface area contributed by atoms with E-state index in [-0.39, 0.29) is 23.8 Å². The van der Waals surface area contributed by atoms with Crippen LogP contribution in [0.3, 0.4) is 0 Å². The van der Waals surface area contributed by atoms with E-state index >= 15 is 0 Å². The van der Waals surface area contributed by atoms with Gasteiger partial charge in [0.1, 0.15) is 12.6 Å². The van der Waals surface area contributed by atoms with E-state index in [2.05, 4.69) is 5.32 Å². The monoisotopic (exact) mass is 625 g/mol. The number of hydrogen-bond donors (Lipinski definition) is 1. The fraction of sp³-hybridized carbons (Fsp3) is 0.297. The van der Waals surface area contributed by atoms with Gasteiger partial charge in [-0.25, -0.2) is 8.42 Å². The zero-order valence-corrected chi connectivity index (χ0v) is 27.6. The van der Waals surface area contributed by atoms with E-state index in [0.29, 0.717) is 12.2 Å². The maximum atomic E-state index is 14.6. The van der Waals surface area contributed by atoms with Crippen LogP contribution in [-0.2, 0) is 32.6 Å². The Kier molecular flexibility index (Phi) is 11.2. The number of aryl methyl sites for hydroxylation is 4. The number of amides is 2. The van der Waals surface area contributed by atoms with Gasteiger partial charge in [0.05, 0.1) is 10.6 Å². The first-order valence-corrected chi connectivity index (χ1v) is 16.8. The van der Waals surface area contributed by atoms with Crippen molar-refractivity contribution in [1.29, 1.82) is 0 Å². The molecule has 4 aromatic rings. The van der Waals surface area contributed by atoms with Crippen LogP contribution in [0.4, 0.5) is 5.69 Å². The van der Waals surface area contributed by atoms with Gasteiger partial charge in [-0.05, 0) is 80.6 Å². The molecule has 4 aromatic carbocycles. The third-order valence-electron chi connectivity index (χ3n) is 7.64. The van der Waals surface area contributed by atoms with E-state index in [1.165, 1.54) is 9.21 Å². The van der Waals surface area contributed by atoms with Crippen LogP contribution in [0.1, 0.15) is 46.7 Å². The second-order valence-electron chi connectivity index (χ2n) is 11.7. The number of nitrogens with zero attached hydrogens (tertiary/aromatic N) is 2. The molecule has 8 heteroatoms.